The van der Waals surface area contributed by atoms with Gasteiger partial charge >= 0.3 is 0 Å². The van der Waals surface area contributed by atoms with Gasteiger partial charge in [0.25, 0.3) is 15.9 Å². The molecule has 0 aliphatic carbocycles. The maximum atomic E-state index is 12.9. The van der Waals surface area contributed by atoms with Crippen molar-refractivity contribution in [3.63, 3.8) is 0 Å². The number of nitrogens with zero attached hydrogens (tertiary/aromatic N) is 5. The van der Waals surface area contributed by atoms with Crippen molar-refractivity contribution in [2.24, 2.45) is 12.8 Å². The Bertz CT molecular complexity index is 1580. The van der Waals surface area contributed by atoms with Crippen LogP contribution in [0.25, 0.3) is 0 Å². The van der Waals surface area contributed by atoms with Gasteiger partial charge in [-0.2, -0.15) is 15.1 Å². The number of benzene rings is 2. The van der Waals surface area contributed by atoms with Gasteiger partial charge in [-0.25, -0.2) is 13.1 Å². The van der Waals surface area contributed by atoms with Crippen molar-refractivity contribution < 1.29 is 22.7 Å². The van der Waals surface area contributed by atoms with E-state index in [2.05, 4.69) is 30.0 Å². The monoisotopic (exact) mass is 550 g/mol. The Morgan fingerprint density at radius 1 is 1.03 bits per heavy atom. The number of anilines is 2. The molecular weight excluding hydrogens is 524 g/mol. The number of aromatic nitrogens is 4. The van der Waals surface area contributed by atoms with Gasteiger partial charge in [0.1, 0.15) is 16.4 Å². The van der Waals surface area contributed by atoms with Crippen molar-refractivity contribution in [2.75, 3.05) is 35.8 Å². The molecule has 1 fully saturated rings. The number of nitrogens with one attached hydrogen (secondary N) is 2. The first-order chi connectivity index (χ1) is 18.8. The minimum Gasteiger partial charge on any atom is -0.439 e. The molecule has 4 aromatic rings. The SMILES string of the molecule is Cn1cc(S(=O)(=O)Nc2nc(Oc3ccc(N4CCNCC4)cc3)cc(Oc3ccccc3C(N)=O)n2)cn1. The van der Waals surface area contributed by atoms with Crippen LogP contribution in [0.2, 0.25) is 0 Å². The quantitative estimate of drug-likeness (QED) is 0.281. The number of sulfonamides is 1. The van der Waals surface area contributed by atoms with Crippen molar-refractivity contribution in [1.82, 2.24) is 25.1 Å². The summed E-state index contributed by atoms with van der Waals surface area (Å²) in [6.45, 7) is 3.64. The third-order valence-electron chi connectivity index (χ3n) is 5.80. The molecule has 2 aromatic heterocycles. The van der Waals surface area contributed by atoms with E-state index in [0.29, 0.717) is 5.75 Å². The van der Waals surface area contributed by atoms with Crippen LogP contribution in [0.15, 0.2) is 71.9 Å². The Hall–Kier alpha value is -4.69. The van der Waals surface area contributed by atoms with Gasteiger partial charge in [0.15, 0.2) is 0 Å². The molecule has 1 amide bonds. The first kappa shape index (κ1) is 25.9. The highest BCUT2D eigenvalue weighted by molar-refractivity contribution is 7.92. The Balaban J connectivity index is 1.45. The smallest absolute Gasteiger partial charge is 0.267 e. The molecule has 14 heteroatoms. The van der Waals surface area contributed by atoms with Gasteiger partial charge in [0, 0.05) is 45.1 Å². The standard InChI is InChI=1S/C25H26N8O5S/c1-32-16-19(15-28-32)39(35,36)31-25-29-22(14-23(30-25)38-21-5-3-2-4-20(21)24(26)34)37-18-8-6-17(7-9-18)33-12-10-27-11-13-33/h2-9,14-16,27H,10-13H2,1H3,(H2,26,34)(H,29,30,31). The summed E-state index contributed by atoms with van der Waals surface area (Å²) < 4.78 is 41.2. The Morgan fingerprint density at radius 2 is 1.72 bits per heavy atom. The zero-order valence-electron chi connectivity index (χ0n) is 20.9. The lowest BCUT2D eigenvalue weighted by atomic mass is 10.2. The van der Waals surface area contributed by atoms with Crippen LogP contribution >= 0.6 is 0 Å². The number of carbonyl (C=O) groups is 1. The molecule has 1 aliphatic heterocycles. The van der Waals surface area contributed by atoms with Crippen LogP contribution in [0.3, 0.4) is 0 Å². The van der Waals surface area contributed by atoms with E-state index in [1.54, 1.807) is 31.3 Å². The van der Waals surface area contributed by atoms with E-state index >= 15 is 0 Å². The zero-order valence-corrected chi connectivity index (χ0v) is 21.8. The lowest BCUT2D eigenvalue weighted by Gasteiger charge is -2.29. The van der Waals surface area contributed by atoms with Crippen molar-refractivity contribution >= 4 is 27.6 Å². The summed E-state index contributed by atoms with van der Waals surface area (Å²) in [6, 6.07) is 15.2. The molecule has 0 bridgehead atoms. The number of para-hydroxylation sites is 1. The summed E-state index contributed by atoms with van der Waals surface area (Å²) in [5, 5.41) is 7.22. The number of amides is 1. The highest BCUT2D eigenvalue weighted by Gasteiger charge is 2.20. The first-order valence-corrected chi connectivity index (χ1v) is 13.5. The van der Waals surface area contributed by atoms with E-state index in [9.17, 15) is 13.2 Å². The minimum absolute atomic E-state index is 0.00960. The third kappa shape index (κ3) is 6.25. The average Bonchev–Trinajstić information content (AvgIpc) is 3.37. The second kappa shape index (κ2) is 11.0. The van der Waals surface area contributed by atoms with Crippen LogP contribution in [0, 0.1) is 0 Å². The van der Waals surface area contributed by atoms with Crippen LogP contribution in [0.1, 0.15) is 10.4 Å². The third-order valence-corrected chi connectivity index (χ3v) is 7.09. The van der Waals surface area contributed by atoms with E-state index in [-0.39, 0.29) is 33.9 Å². The first-order valence-electron chi connectivity index (χ1n) is 12.0. The second-order valence-corrected chi connectivity index (χ2v) is 10.3. The highest BCUT2D eigenvalue weighted by atomic mass is 32.2. The molecule has 2 aromatic carbocycles. The molecule has 3 heterocycles. The molecule has 1 saturated heterocycles. The fourth-order valence-corrected chi connectivity index (χ4v) is 4.84. The normalized spacial score (nSPS) is 13.6. The van der Waals surface area contributed by atoms with Crippen LogP contribution in [0.4, 0.5) is 11.6 Å². The number of hydrogen-bond acceptors (Lipinski definition) is 10. The number of piperazine rings is 1. The topological polar surface area (TPSA) is 167 Å². The van der Waals surface area contributed by atoms with E-state index in [0.717, 1.165) is 31.9 Å². The summed E-state index contributed by atoms with van der Waals surface area (Å²) in [5.41, 5.74) is 6.65. The van der Waals surface area contributed by atoms with Gasteiger partial charge in [-0.05, 0) is 36.4 Å². The number of aryl methyl sites for hydroxylation is 1. The molecular formula is C25H26N8O5S. The summed E-state index contributed by atoms with van der Waals surface area (Å²) in [4.78, 5) is 22.4. The van der Waals surface area contributed by atoms with Gasteiger partial charge in [-0.1, -0.05) is 12.1 Å². The molecule has 5 rings (SSSR count). The number of rotatable bonds is 9. The summed E-state index contributed by atoms with van der Waals surface area (Å²) in [5.74, 6) is -0.461. The fraction of sp³-hybridized carbons (Fsp3) is 0.200. The van der Waals surface area contributed by atoms with Gasteiger partial charge in [0.2, 0.25) is 17.7 Å². The van der Waals surface area contributed by atoms with Crippen molar-refractivity contribution in [3.8, 4) is 23.3 Å². The fourth-order valence-electron chi connectivity index (χ4n) is 3.91. The Morgan fingerprint density at radius 3 is 2.38 bits per heavy atom. The van der Waals surface area contributed by atoms with E-state index in [1.807, 2.05) is 12.1 Å². The second-order valence-electron chi connectivity index (χ2n) is 8.62. The lowest BCUT2D eigenvalue weighted by molar-refractivity contribution is 0.0998. The molecule has 0 atom stereocenters. The lowest BCUT2D eigenvalue weighted by Crippen LogP contribution is -2.43. The van der Waals surface area contributed by atoms with Crippen LogP contribution in [-0.2, 0) is 17.1 Å². The predicted octanol–water partition coefficient (Wildman–Crippen LogP) is 2.10. The van der Waals surface area contributed by atoms with Gasteiger partial charge in [0.05, 0.1) is 17.8 Å². The van der Waals surface area contributed by atoms with Gasteiger partial charge < -0.3 is 25.4 Å². The summed E-state index contributed by atoms with van der Waals surface area (Å²) in [7, 11) is -2.47. The van der Waals surface area contributed by atoms with E-state index in [4.69, 9.17) is 15.2 Å². The average molecular weight is 551 g/mol. The molecule has 0 saturated carbocycles. The van der Waals surface area contributed by atoms with Crippen molar-refractivity contribution in [2.45, 2.75) is 4.90 Å². The molecule has 0 spiro atoms. The molecule has 4 N–H and O–H groups in total. The van der Waals surface area contributed by atoms with Crippen LogP contribution in [0.5, 0.6) is 23.3 Å². The highest BCUT2D eigenvalue weighted by Crippen LogP contribution is 2.30. The molecule has 39 heavy (non-hydrogen) atoms. The van der Waals surface area contributed by atoms with Crippen molar-refractivity contribution in [1.29, 1.82) is 0 Å². The largest absolute Gasteiger partial charge is 0.439 e. The zero-order chi connectivity index (χ0) is 27.4. The van der Waals surface area contributed by atoms with E-state index in [1.165, 1.54) is 35.3 Å². The summed E-state index contributed by atoms with van der Waals surface area (Å²) in [6.07, 6.45) is 2.53. The molecule has 13 nitrogen and oxygen atoms in total. The number of primary amides is 1. The maximum Gasteiger partial charge on any atom is 0.267 e. The Labute approximate surface area is 224 Å². The van der Waals surface area contributed by atoms with E-state index < -0.39 is 15.9 Å². The van der Waals surface area contributed by atoms with Gasteiger partial charge in [-0.15, -0.1) is 0 Å². The predicted molar refractivity (Wildman–Crippen MR) is 143 cm³/mol. The van der Waals surface area contributed by atoms with Crippen LogP contribution < -0.4 is 30.1 Å². The molecule has 0 unspecified atom stereocenters. The number of carbonyl (C=O) groups excluding carboxylic acids is 1. The number of hydrogen-bond donors (Lipinski definition) is 3. The minimum atomic E-state index is -4.07. The number of nitrogens with two attached hydrogens (primary N) is 1. The summed E-state index contributed by atoms with van der Waals surface area (Å²) >= 11 is 0. The van der Waals surface area contributed by atoms with Crippen LogP contribution in [-0.4, -0.2) is 60.3 Å². The number of ether oxygens (including phenoxy) is 2. The molecule has 202 valence electrons. The van der Waals surface area contributed by atoms with Crippen molar-refractivity contribution in [3.05, 3.63) is 72.6 Å². The van der Waals surface area contributed by atoms with Gasteiger partial charge in [-0.3, -0.25) is 9.48 Å². The Kier molecular flexibility index (Phi) is 7.29. The molecule has 0 radical (unpaired) electrons. The molecule has 1 aliphatic rings. The maximum absolute atomic E-state index is 12.9.